The second-order valence-electron chi connectivity index (χ2n) is 8.13. The Morgan fingerprint density at radius 1 is 1.03 bits per heavy atom. The van der Waals surface area contributed by atoms with Crippen LogP contribution < -0.4 is 0 Å². The van der Waals surface area contributed by atoms with E-state index >= 15 is 0 Å². The molecule has 4 aromatic rings. The van der Waals surface area contributed by atoms with Gasteiger partial charge < -0.3 is 9.32 Å². The molecule has 164 valence electrons. The van der Waals surface area contributed by atoms with Crippen LogP contribution in [-0.4, -0.2) is 32.6 Å². The van der Waals surface area contributed by atoms with Gasteiger partial charge >= 0.3 is 0 Å². The predicted octanol–water partition coefficient (Wildman–Crippen LogP) is 5.04. The van der Waals surface area contributed by atoms with Crippen molar-refractivity contribution < 1.29 is 9.21 Å². The van der Waals surface area contributed by atoms with Crippen molar-refractivity contribution in [2.75, 3.05) is 7.05 Å². The Balaban J connectivity index is 1.38. The van der Waals surface area contributed by atoms with Crippen LogP contribution in [0.25, 0.3) is 17.0 Å². The van der Waals surface area contributed by atoms with Crippen molar-refractivity contribution in [2.45, 2.75) is 40.2 Å². The van der Waals surface area contributed by atoms with Gasteiger partial charge in [0.25, 0.3) is 0 Å². The Morgan fingerprint density at radius 3 is 2.47 bits per heavy atom. The maximum absolute atomic E-state index is 12.8. The van der Waals surface area contributed by atoms with Crippen LogP contribution in [0.3, 0.4) is 0 Å². The van der Waals surface area contributed by atoms with Gasteiger partial charge in [0.15, 0.2) is 11.7 Å². The quantitative estimate of drug-likeness (QED) is 0.413. The number of hydrogen-bond donors (Lipinski definition) is 0. The fourth-order valence-corrected chi connectivity index (χ4v) is 3.73. The number of carbonyl (C=O) groups excluding carboxylic acids is 1. The molecule has 2 aromatic carbocycles. The molecule has 0 fully saturated rings. The van der Waals surface area contributed by atoms with E-state index in [1.807, 2.05) is 87.1 Å². The maximum atomic E-state index is 12.8. The molecule has 0 aliphatic heterocycles. The molecule has 0 saturated heterocycles. The maximum Gasteiger partial charge on any atom is 0.223 e. The van der Waals surface area contributed by atoms with Crippen molar-refractivity contribution in [1.29, 1.82) is 0 Å². The van der Waals surface area contributed by atoms with Crippen LogP contribution >= 0.6 is 0 Å². The Morgan fingerprint density at radius 2 is 1.75 bits per heavy atom. The number of oxazole rings is 1. The van der Waals surface area contributed by atoms with Crippen LogP contribution in [0.1, 0.15) is 34.8 Å². The normalized spacial score (nSPS) is 11.0. The third kappa shape index (κ3) is 4.64. The van der Waals surface area contributed by atoms with Gasteiger partial charge in [-0.3, -0.25) is 4.79 Å². The van der Waals surface area contributed by atoms with Crippen molar-refractivity contribution in [3.8, 4) is 17.0 Å². The minimum Gasteiger partial charge on any atom is -0.441 e. The average Bonchev–Trinajstić information content (AvgIpc) is 3.38. The van der Waals surface area contributed by atoms with Gasteiger partial charge in [0, 0.05) is 43.3 Å². The van der Waals surface area contributed by atoms with Crippen molar-refractivity contribution in [2.24, 2.45) is 0 Å². The molecule has 0 aliphatic rings. The van der Waals surface area contributed by atoms with E-state index in [9.17, 15) is 4.79 Å². The highest BCUT2D eigenvalue weighted by Crippen LogP contribution is 2.22. The molecule has 32 heavy (non-hydrogen) atoms. The van der Waals surface area contributed by atoms with Crippen molar-refractivity contribution >= 4 is 5.91 Å². The van der Waals surface area contributed by atoms with E-state index in [2.05, 4.69) is 10.1 Å². The van der Waals surface area contributed by atoms with Gasteiger partial charge in [-0.15, -0.1) is 0 Å². The zero-order valence-corrected chi connectivity index (χ0v) is 19.0. The third-order valence-electron chi connectivity index (χ3n) is 5.71. The minimum absolute atomic E-state index is 0.0475. The van der Waals surface area contributed by atoms with E-state index in [1.165, 1.54) is 5.56 Å². The summed E-state index contributed by atoms with van der Waals surface area (Å²) in [5.41, 5.74) is 6.25. The Bertz CT molecular complexity index is 1210. The Labute approximate surface area is 188 Å². The number of aryl methyl sites for hydroxylation is 3. The Hall–Kier alpha value is -3.67. The highest BCUT2D eigenvalue weighted by molar-refractivity contribution is 5.76. The number of amides is 1. The lowest BCUT2D eigenvalue weighted by Crippen LogP contribution is -2.27. The van der Waals surface area contributed by atoms with Crippen molar-refractivity contribution in [3.63, 3.8) is 0 Å². The highest BCUT2D eigenvalue weighted by Gasteiger charge is 2.18. The minimum atomic E-state index is 0.0475. The first-order valence-corrected chi connectivity index (χ1v) is 10.8. The van der Waals surface area contributed by atoms with Gasteiger partial charge in [-0.1, -0.05) is 48.0 Å². The van der Waals surface area contributed by atoms with Crippen LogP contribution in [0.5, 0.6) is 0 Å². The fraction of sp³-hybridized carbons (Fsp3) is 0.269. The lowest BCUT2D eigenvalue weighted by molar-refractivity contribution is -0.130. The molecule has 0 radical (unpaired) electrons. The number of para-hydroxylation sites is 1. The first kappa shape index (κ1) is 21.6. The highest BCUT2D eigenvalue weighted by atomic mass is 16.4. The van der Waals surface area contributed by atoms with E-state index in [4.69, 9.17) is 4.42 Å². The Kier molecular flexibility index (Phi) is 6.21. The van der Waals surface area contributed by atoms with Gasteiger partial charge in [0.2, 0.25) is 5.91 Å². The number of hydrogen-bond acceptors (Lipinski definition) is 4. The van der Waals surface area contributed by atoms with Gasteiger partial charge in [0.05, 0.1) is 17.6 Å². The van der Waals surface area contributed by atoms with E-state index in [1.54, 1.807) is 11.1 Å². The predicted molar refractivity (Wildman–Crippen MR) is 125 cm³/mol. The smallest absolute Gasteiger partial charge is 0.223 e. The zero-order chi connectivity index (χ0) is 22.7. The number of carbonyl (C=O) groups is 1. The molecule has 2 aromatic heterocycles. The van der Waals surface area contributed by atoms with Crippen LogP contribution in [0.4, 0.5) is 0 Å². The van der Waals surface area contributed by atoms with Crippen molar-refractivity contribution in [3.05, 3.63) is 89.2 Å². The second-order valence-corrected chi connectivity index (χ2v) is 8.13. The van der Waals surface area contributed by atoms with E-state index < -0.39 is 0 Å². The van der Waals surface area contributed by atoms with Gasteiger partial charge in [-0.2, -0.15) is 5.10 Å². The lowest BCUT2D eigenvalue weighted by Gasteiger charge is -2.17. The number of nitrogens with zero attached hydrogens (tertiary/aromatic N) is 4. The zero-order valence-electron chi connectivity index (χ0n) is 19.0. The summed E-state index contributed by atoms with van der Waals surface area (Å²) in [5, 5.41) is 4.68. The molecule has 0 N–H and O–H groups in total. The fourth-order valence-electron chi connectivity index (χ4n) is 3.73. The molecule has 0 saturated carbocycles. The van der Waals surface area contributed by atoms with E-state index in [0.29, 0.717) is 25.3 Å². The SMILES string of the molecule is Cc1ccc(-c2cnc(CCC(=O)N(C)Cc3c(C)nn(-c4ccccc4)c3C)o2)cc1. The van der Waals surface area contributed by atoms with Crippen LogP contribution in [-0.2, 0) is 17.8 Å². The van der Waals surface area contributed by atoms with Gasteiger partial charge in [0.1, 0.15) is 0 Å². The summed E-state index contributed by atoms with van der Waals surface area (Å²) in [6.45, 7) is 6.59. The van der Waals surface area contributed by atoms with Crippen LogP contribution in [0, 0.1) is 20.8 Å². The molecule has 0 spiro atoms. The summed E-state index contributed by atoms with van der Waals surface area (Å²) >= 11 is 0. The molecule has 6 nitrogen and oxygen atoms in total. The van der Waals surface area contributed by atoms with Gasteiger partial charge in [-0.25, -0.2) is 9.67 Å². The monoisotopic (exact) mass is 428 g/mol. The first-order chi connectivity index (χ1) is 15.4. The summed E-state index contributed by atoms with van der Waals surface area (Å²) in [6.07, 6.45) is 2.53. The third-order valence-corrected chi connectivity index (χ3v) is 5.71. The molecule has 0 aliphatic carbocycles. The summed E-state index contributed by atoms with van der Waals surface area (Å²) in [4.78, 5) is 18.9. The molecule has 1 amide bonds. The molecule has 2 heterocycles. The standard InChI is InChI=1S/C26H28N4O2/c1-18-10-12-21(13-11-18)24-16-27-25(32-24)14-15-26(31)29(4)17-23-19(2)28-30(20(23)3)22-8-6-5-7-9-22/h5-13,16H,14-15,17H2,1-4H3. The number of benzene rings is 2. The average molecular weight is 429 g/mol. The topological polar surface area (TPSA) is 64.2 Å². The first-order valence-electron chi connectivity index (χ1n) is 10.8. The number of rotatable bonds is 7. The van der Waals surface area contributed by atoms with Crippen molar-refractivity contribution in [1.82, 2.24) is 19.7 Å². The lowest BCUT2D eigenvalue weighted by atomic mass is 10.1. The molecule has 0 unspecified atom stereocenters. The van der Waals surface area contributed by atoms with Crippen LogP contribution in [0.15, 0.2) is 65.2 Å². The molecular weight excluding hydrogens is 400 g/mol. The number of aromatic nitrogens is 3. The molecule has 4 rings (SSSR count). The summed E-state index contributed by atoms with van der Waals surface area (Å²) in [5.74, 6) is 1.35. The van der Waals surface area contributed by atoms with Crippen LogP contribution in [0.2, 0.25) is 0 Å². The molecule has 0 bridgehead atoms. The molecular formula is C26H28N4O2. The van der Waals surface area contributed by atoms with E-state index in [0.717, 1.165) is 34.0 Å². The van der Waals surface area contributed by atoms with Gasteiger partial charge in [-0.05, 0) is 32.9 Å². The van der Waals surface area contributed by atoms with E-state index in [-0.39, 0.29) is 5.91 Å². The second kappa shape index (κ2) is 9.22. The molecule has 0 atom stereocenters. The summed E-state index contributed by atoms with van der Waals surface area (Å²) in [6, 6.07) is 18.1. The summed E-state index contributed by atoms with van der Waals surface area (Å²) in [7, 11) is 1.83. The largest absolute Gasteiger partial charge is 0.441 e. The summed E-state index contributed by atoms with van der Waals surface area (Å²) < 4.78 is 7.79. The molecule has 6 heteroatoms.